The molecule has 0 saturated carbocycles. The Kier molecular flexibility index (Phi) is 17.5. The van der Waals surface area contributed by atoms with Gasteiger partial charge in [0.05, 0.1) is 23.5 Å². The van der Waals surface area contributed by atoms with Crippen molar-refractivity contribution < 1.29 is 19.1 Å². The molecule has 65 heavy (non-hydrogen) atoms. The van der Waals surface area contributed by atoms with Gasteiger partial charge in [-0.1, -0.05) is 74.4 Å². The van der Waals surface area contributed by atoms with Crippen LogP contribution >= 0.6 is 11.6 Å². The molecule has 3 aromatic carbocycles. The van der Waals surface area contributed by atoms with E-state index < -0.39 is 6.17 Å². The lowest BCUT2D eigenvalue weighted by atomic mass is 9.85. The number of amides is 1. The van der Waals surface area contributed by atoms with Crippen LogP contribution in [-0.4, -0.2) is 79.6 Å². The third-order valence-corrected chi connectivity index (χ3v) is 16.5. The lowest BCUT2D eigenvalue weighted by Crippen LogP contribution is -2.41. The maximum Gasteiger partial charge on any atom is 0.226 e. The molecule has 1 amide bonds. The Morgan fingerprint density at radius 2 is 1.69 bits per heavy atom. The number of para-hydroxylation sites is 1. The highest BCUT2D eigenvalue weighted by atomic mass is 35.5. The fourth-order valence-corrected chi connectivity index (χ4v) is 10.6. The first kappa shape index (κ1) is 49.9. The van der Waals surface area contributed by atoms with Gasteiger partial charge < -0.3 is 35.8 Å². The van der Waals surface area contributed by atoms with E-state index in [1.165, 1.54) is 18.1 Å². The Morgan fingerprint density at radius 3 is 2.32 bits per heavy atom. The summed E-state index contributed by atoms with van der Waals surface area (Å²) in [4.78, 5) is 47.0. The molecule has 7 rings (SSSR count). The minimum absolute atomic E-state index is 0.0278. The van der Waals surface area contributed by atoms with Crippen molar-refractivity contribution in [1.82, 2.24) is 15.5 Å². The van der Waals surface area contributed by atoms with Crippen LogP contribution in [-0.2, 0) is 25.4 Å². The summed E-state index contributed by atoms with van der Waals surface area (Å²) < 4.78 is 5.93. The smallest absolute Gasteiger partial charge is 0.226 e. The van der Waals surface area contributed by atoms with Gasteiger partial charge in [0, 0.05) is 70.3 Å². The molecule has 3 fully saturated rings. The van der Waals surface area contributed by atoms with E-state index in [1.54, 1.807) is 13.3 Å². The molecular formula is C51H68ClN7O4S2. The number of carbonyl (C=O) groups excluding carboxylic acids is 3. The predicted molar refractivity (Wildman–Crippen MR) is 272 cm³/mol. The van der Waals surface area contributed by atoms with Crippen LogP contribution in [0.5, 0.6) is 5.75 Å². The first-order chi connectivity index (χ1) is 31.0. The standard InChI is InChI=1S/C44H57ClN6O3S2.C7H11NO/c1-27(2)42(53)36-23-33(12-13-34(36)30(6)52)51-20-14-31(15-21-51)26-50-18-16-32(17-19-50)35-24-40(54-7)39(22-29(35)5)48-44-46-25-37(45)43(49-44)47-38-10-8-9-11-41(38)56(55)28(3)4;1-5-3-4-6(2)8-7(5)9/h8-13,22-25,27-28,31-32,43,47H,14-21,26H2,1-7H3,(H2,46,48,49);5H,2-4H2,1H3,(H,8,9). The zero-order valence-electron chi connectivity index (χ0n) is 39.4. The van der Waals surface area contributed by atoms with Crippen LogP contribution in [0, 0.1) is 24.7 Å². The fraction of sp³-hybridized carbons (Fsp3) is 0.490. The Hall–Kier alpha value is -4.56. The maximum absolute atomic E-state index is 12.9. The van der Waals surface area contributed by atoms with Crippen molar-refractivity contribution in [1.29, 1.82) is 0 Å². The molecule has 3 saturated heterocycles. The van der Waals surface area contributed by atoms with Crippen molar-refractivity contribution >= 4 is 72.7 Å². The first-order valence-corrected chi connectivity index (χ1v) is 25.7. The second-order valence-electron chi connectivity index (χ2n) is 18.4. The second kappa shape index (κ2) is 22.8. The summed E-state index contributed by atoms with van der Waals surface area (Å²) >= 11 is 12.5. The lowest BCUT2D eigenvalue weighted by Gasteiger charge is -2.39. The van der Waals surface area contributed by atoms with Crippen LogP contribution in [0.3, 0.4) is 0 Å². The largest absolute Gasteiger partial charge is 0.495 e. The number of carbonyl (C=O) groups is 3. The van der Waals surface area contributed by atoms with Gasteiger partial charge in [0.15, 0.2) is 17.7 Å². The van der Waals surface area contributed by atoms with E-state index in [1.807, 2.05) is 57.2 Å². The van der Waals surface area contributed by atoms with Crippen LogP contribution in [0.15, 0.2) is 88.0 Å². The SMILES string of the molecule is C=C1CCC(C)C(=O)N1.COc1cc(C2CCN(CC3CCN(c4ccc(C(C)=O)c(C(=O)C(C)C)c4)CC3)CC2)c(C)cc1NC1=NC(Nc2ccccc2S(=S)C(C)C)C(Cl)=CN1. The van der Waals surface area contributed by atoms with Gasteiger partial charge in [-0.3, -0.25) is 14.4 Å². The zero-order valence-corrected chi connectivity index (χ0v) is 41.8. The summed E-state index contributed by atoms with van der Waals surface area (Å²) in [6, 6.07) is 18.3. The summed E-state index contributed by atoms with van der Waals surface area (Å²) in [5.41, 5.74) is 7.34. The number of halogens is 1. The predicted octanol–water partition coefficient (Wildman–Crippen LogP) is 9.92. The number of benzene rings is 3. The summed E-state index contributed by atoms with van der Waals surface area (Å²) in [5, 5.41) is 13.8. The van der Waals surface area contributed by atoms with E-state index in [0.29, 0.717) is 39.2 Å². The number of nitrogens with one attached hydrogen (secondary N) is 4. The van der Waals surface area contributed by atoms with E-state index in [2.05, 4.69) is 76.6 Å². The molecular weight excluding hydrogens is 874 g/mol. The van der Waals surface area contributed by atoms with Gasteiger partial charge in [0.2, 0.25) is 11.9 Å². The average Bonchev–Trinajstić information content (AvgIpc) is 3.29. The molecule has 0 spiro atoms. The molecule has 4 N–H and O–H groups in total. The van der Waals surface area contributed by atoms with E-state index in [0.717, 1.165) is 105 Å². The van der Waals surface area contributed by atoms with E-state index in [-0.39, 0.29) is 38.8 Å². The summed E-state index contributed by atoms with van der Waals surface area (Å²) in [7, 11) is 1.38. The minimum atomic E-state index is -0.467. The van der Waals surface area contributed by atoms with E-state index >= 15 is 0 Å². The number of guanidine groups is 1. The molecule has 4 aliphatic heterocycles. The molecule has 3 aromatic rings. The molecule has 0 aromatic heterocycles. The van der Waals surface area contributed by atoms with Crippen LogP contribution < -0.4 is 30.9 Å². The number of allylic oxidation sites excluding steroid dienone is 1. The van der Waals surface area contributed by atoms with Gasteiger partial charge >= 0.3 is 0 Å². The number of nitrogens with zero attached hydrogens (tertiary/aromatic N) is 3. The van der Waals surface area contributed by atoms with Gasteiger partial charge in [-0.15, -0.1) is 0 Å². The van der Waals surface area contributed by atoms with E-state index in [4.69, 9.17) is 32.5 Å². The number of piperidine rings is 3. The van der Waals surface area contributed by atoms with Gasteiger partial charge in [-0.2, -0.15) is 0 Å². The molecule has 4 heterocycles. The molecule has 0 radical (unpaired) electrons. The van der Waals surface area contributed by atoms with Crippen molar-refractivity contribution in [2.45, 2.75) is 109 Å². The number of Topliss-reactive ketones (excluding diaryl/α,β-unsaturated/α-hetero) is 2. The highest BCUT2D eigenvalue weighted by molar-refractivity contribution is 8.29. The highest BCUT2D eigenvalue weighted by Crippen LogP contribution is 2.38. The van der Waals surface area contributed by atoms with Gasteiger partial charge in [0.1, 0.15) is 5.75 Å². The van der Waals surface area contributed by atoms with Crippen molar-refractivity contribution in [2.75, 3.05) is 55.4 Å². The van der Waals surface area contributed by atoms with Gasteiger partial charge in [0.25, 0.3) is 0 Å². The highest BCUT2D eigenvalue weighted by Gasteiger charge is 2.29. The molecule has 4 aliphatic rings. The molecule has 3 unspecified atom stereocenters. The number of hydrogen-bond acceptors (Lipinski definition) is 11. The minimum Gasteiger partial charge on any atom is -0.495 e. The number of anilines is 3. The van der Waals surface area contributed by atoms with Crippen molar-refractivity contribution in [3.05, 3.63) is 100 Å². The maximum atomic E-state index is 12.9. The monoisotopic (exact) mass is 941 g/mol. The number of likely N-dealkylation sites (tertiary alicyclic amines) is 1. The molecule has 14 heteroatoms. The van der Waals surface area contributed by atoms with Gasteiger partial charge in [-0.05, 0) is 142 Å². The van der Waals surface area contributed by atoms with Crippen LogP contribution in [0.1, 0.15) is 118 Å². The lowest BCUT2D eigenvalue weighted by molar-refractivity contribution is -0.124. The average molecular weight is 943 g/mol. The second-order valence-corrected chi connectivity index (χ2v) is 21.9. The number of rotatable bonds is 13. The summed E-state index contributed by atoms with van der Waals surface area (Å²) in [6.45, 7) is 22.6. The fourth-order valence-electron chi connectivity index (χ4n) is 8.91. The molecule has 350 valence electrons. The summed E-state index contributed by atoms with van der Waals surface area (Å²) in [6.07, 6.45) is 7.64. The number of ether oxygens (including phenoxy) is 1. The number of ketones is 2. The molecule has 0 aliphatic carbocycles. The Labute approximate surface area is 398 Å². The molecule has 11 nitrogen and oxygen atoms in total. The summed E-state index contributed by atoms with van der Waals surface area (Å²) in [5.74, 6) is 2.58. The van der Waals surface area contributed by atoms with Crippen molar-refractivity contribution in [3.63, 3.8) is 0 Å². The molecule has 3 atom stereocenters. The van der Waals surface area contributed by atoms with Crippen molar-refractivity contribution in [2.24, 2.45) is 22.7 Å². The number of hydrogen-bond donors (Lipinski definition) is 4. The Balaban J connectivity index is 0.000000694. The number of aliphatic imine (C=N–C) groups is 1. The van der Waals surface area contributed by atoms with Crippen LogP contribution in [0.4, 0.5) is 17.1 Å². The number of aryl methyl sites for hydroxylation is 1. The third kappa shape index (κ3) is 12.9. The quantitative estimate of drug-likeness (QED) is 0.123. The van der Waals surface area contributed by atoms with Crippen molar-refractivity contribution in [3.8, 4) is 5.75 Å². The van der Waals surface area contributed by atoms with E-state index in [9.17, 15) is 14.4 Å². The zero-order chi connectivity index (χ0) is 46.9. The Bertz CT molecular complexity index is 2310. The topological polar surface area (TPSA) is 127 Å². The van der Waals surface area contributed by atoms with Crippen LogP contribution in [0.2, 0.25) is 0 Å². The van der Waals surface area contributed by atoms with Crippen LogP contribution in [0.25, 0.3) is 0 Å². The van der Waals surface area contributed by atoms with Gasteiger partial charge in [-0.25, -0.2) is 4.99 Å². The molecule has 0 bridgehead atoms. The first-order valence-electron chi connectivity index (χ1n) is 23.1. The number of methoxy groups -OCH3 is 1. The normalized spacial score (nSPS) is 20.2. The third-order valence-electron chi connectivity index (χ3n) is 12.9. The Morgan fingerprint density at radius 1 is 0.985 bits per heavy atom.